The predicted molar refractivity (Wildman–Crippen MR) is 121 cm³/mol. The SMILES string of the molecule is COc1ccc([C@@H](CC(C)C)NC(=O)[C@@H](C)N(c2cccc(C)c2)S(C)(=O)=O)cc1. The van der Waals surface area contributed by atoms with Crippen molar-refractivity contribution in [2.75, 3.05) is 17.7 Å². The number of carbonyl (C=O) groups excluding carboxylic acids is 1. The molecule has 0 aromatic heterocycles. The van der Waals surface area contributed by atoms with Crippen LogP contribution >= 0.6 is 0 Å². The highest BCUT2D eigenvalue weighted by molar-refractivity contribution is 7.92. The van der Waals surface area contributed by atoms with E-state index in [4.69, 9.17) is 4.74 Å². The molecule has 6 nitrogen and oxygen atoms in total. The zero-order valence-corrected chi connectivity index (χ0v) is 19.4. The summed E-state index contributed by atoms with van der Waals surface area (Å²) >= 11 is 0. The van der Waals surface area contributed by atoms with E-state index in [1.54, 1.807) is 32.2 Å². The molecule has 1 N–H and O–H groups in total. The second-order valence-electron chi connectivity index (χ2n) is 8.04. The molecule has 0 unspecified atom stereocenters. The molecule has 0 aliphatic heterocycles. The number of rotatable bonds is 9. The smallest absolute Gasteiger partial charge is 0.244 e. The molecular weight excluding hydrogens is 400 g/mol. The predicted octanol–water partition coefficient (Wildman–Crippen LogP) is 4.06. The fraction of sp³-hybridized carbons (Fsp3) is 0.435. The fourth-order valence-electron chi connectivity index (χ4n) is 3.45. The highest BCUT2D eigenvalue weighted by Gasteiger charge is 2.30. The van der Waals surface area contributed by atoms with Gasteiger partial charge < -0.3 is 10.1 Å². The molecule has 0 aliphatic carbocycles. The van der Waals surface area contributed by atoms with Crippen LogP contribution in [0.3, 0.4) is 0 Å². The average Bonchev–Trinajstić information content (AvgIpc) is 2.66. The van der Waals surface area contributed by atoms with Gasteiger partial charge in [-0.25, -0.2) is 8.42 Å². The number of ether oxygens (including phenoxy) is 1. The Kier molecular flexibility index (Phi) is 7.89. The molecule has 0 saturated carbocycles. The molecule has 2 aromatic carbocycles. The van der Waals surface area contributed by atoms with E-state index in [9.17, 15) is 13.2 Å². The third-order valence-electron chi connectivity index (χ3n) is 4.89. The van der Waals surface area contributed by atoms with E-state index >= 15 is 0 Å². The highest BCUT2D eigenvalue weighted by atomic mass is 32.2. The summed E-state index contributed by atoms with van der Waals surface area (Å²) in [5.74, 6) is 0.739. The first-order valence-corrected chi connectivity index (χ1v) is 11.9. The topological polar surface area (TPSA) is 75.7 Å². The van der Waals surface area contributed by atoms with Gasteiger partial charge in [0.25, 0.3) is 0 Å². The maximum absolute atomic E-state index is 13.1. The molecule has 2 atom stereocenters. The average molecular weight is 433 g/mol. The second-order valence-corrected chi connectivity index (χ2v) is 9.90. The molecule has 2 aromatic rings. The Hall–Kier alpha value is -2.54. The van der Waals surface area contributed by atoms with Crippen molar-refractivity contribution in [1.82, 2.24) is 5.32 Å². The molecule has 164 valence electrons. The number of aryl methyl sites for hydroxylation is 1. The number of sulfonamides is 1. The summed E-state index contributed by atoms with van der Waals surface area (Å²) in [6.45, 7) is 7.67. The van der Waals surface area contributed by atoms with Gasteiger partial charge in [0.15, 0.2) is 0 Å². The van der Waals surface area contributed by atoms with Crippen LogP contribution in [0.5, 0.6) is 5.75 Å². The number of anilines is 1. The van der Waals surface area contributed by atoms with Gasteiger partial charge in [0, 0.05) is 0 Å². The van der Waals surface area contributed by atoms with Gasteiger partial charge in [-0.05, 0) is 61.6 Å². The minimum absolute atomic E-state index is 0.232. The maximum Gasteiger partial charge on any atom is 0.244 e. The Morgan fingerprint density at radius 1 is 1.10 bits per heavy atom. The number of amides is 1. The van der Waals surface area contributed by atoms with Crippen LogP contribution in [0.1, 0.15) is 44.4 Å². The van der Waals surface area contributed by atoms with Crippen LogP contribution in [0.2, 0.25) is 0 Å². The Balaban J connectivity index is 2.31. The van der Waals surface area contributed by atoms with Crippen LogP contribution in [-0.4, -0.2) is 33.7 Å². The summed E-state index contributed by atoms with van der Waals surface area (Å²) in [6.07, 6.45) is 1.85. The van der Waals surface area contributed by atoms with E-state index in [0.29, 0.717) is 11.6 Å². The summed E-state index contributed by atoms with van der Waals surface area (Å²) in [4.78, 5) is 13.1. The standard InChI is InChI=1S/C23H32N2O4S/c1-16(2)14-22(19-10-12-21(29-5)13-11-19)24-23(26)18(4)25(30(6,27)28)20-9-7-8-17(3)15-20/h7-13,15-16,18,22H,14H2,1-6H3,(H,24,26)/t18-,22-/m1/s1. The van der Waals surface area contributed by atoms with E-state index in [2.05, 4.69) is 19.2 Å². The zero-order valence-electron chi connectivity index (χ0n) is 18.5. The van der Waals surface area contributed by atoms with Crippen molar-refractivity contribution in [3.63, 3.8) is 0 Å². The van der Waals surface area contributed by atoms with Crippen molar-refractivity contribution < 1.29 is 17.9 Å². The van der Waals surface area contributed by atoms with Crippen molar-refractivity contribution >= 4 is 21.6 Å². The maximum atomic E-state index is 13.1. The highest BCUT2D eigenvalue weighted by Crippen LogP contribution is 2.26. The van der Waals surface area contributed by atoms with E-state index < -0.39 is 16.1 Å². The lowest BCUT2D eigenvalue weighted by atomic mass is 9.96. The van der Waals surface area contributed by atoms with Crippen LogP contribution in [0, 0.1) is 12.8 Å². The molecule has 0 radical (unpaired) electrons. The summed E-state index contributed by atoms with van der Waals surface area (Å²) < 4.78 is 31.4. The quantitative estimate of drug-likeness (QED) is 0.648. The summed E-state index contributed by atoms with van der Waals surface area (Å²) in [6, 6.07) is 13.6. The zero-order chi connectivity index (χ0) is 22.5. The molecule has 30 heavy (non-hydrogen) atoms. The van der Waals surface area contributed by atoms with Crippen LogP contribution in [0.15, 0.2) is 48.5 Å². The first-order valence-electron chi connectivity index (χ1n) is 10.0. The fourth-order valence-corrected chi connectivity index (χ4v) is 4.62. The van der Waals surface area contributed by atoms with Gasteiger partial charge >= 0.3 is 0 Å². The number of hydrogen-bond acceptors (Lipinski definition) is 4. The monoisotopic (exact) mass is 432 g/mol. The van der Waals surface area contributed by atoms with Gasteiger partial charge in [-0.1, -0.05) is 38.1 Å². The minimum Gasteiger partial charge on any atom is -0.497 e. The van der Waals surface area contributed by atoms with E-state index in [1.807, 2.05) is 37.3 Å². The lowest BCUT2D eigenvalue weighted by Gasteiger charge is -2.30. The van der Waals surface area contributed by atoms with Crippen molar-refractivity contribution in [3.05, 3.63) is 59.7 Å². The van der Waals surface area contributed by atoms with Crippen LogP contribution in [0.4, 0.5) is 5.69 Å². The number of hydrogen-bond donors (Lipinski definition) is 1. The Morgan fingerprint density at radius 2 is 1.73 bits per heavy atom. The Bertz CT molecular complexity index is 955. The summed E-state index contributed by atoms with van der Waals surface area (Å²) in [5, 5.41) is 3.05. The van der Waals surface area contributed by atoms with Gasteiger partial charge in [-0.3, -0.25) is 9.10 Å². The first-order chi connectivity index (χ1) is 14.0. The molecular formula is C23H32N2O4S. The van der Waals surface area contributed by atoms with Crippen LogP contribution in [0.25, 0.3) is 0 Å². The lowest BCUT2D eigenvalue weighted by Crippen LogP contribution is -2.48. The number of nitrogens with one attached hydrogen (secondary N) is 1. The van der Waals surface area contributed by atoms with Gasteiger partial charge in [-0.2, -0.15) is 0 Å². The number of carbonyl (C=O) groups is 1. The molecule has 0 saturated heterocycles. The van der Waals surface area contributed by atoms with Crippen LogP contribution < -0.4 is 14.4 Å². The molecule has 0 bridgehead atoms. The third-order valence-corrected chi connectivity index (χ3v) is 6.13. The van der Waals surface area contributed by atoms with E-state index in [1.165, 1.54) is 4.31 Å². The Labute approximate surface area is 180 Å². The number of benzene rings is 2. The van der Waals surface area contributed by atoms with Gasteiger partial charge in [0.2, 0.25) is 15.9 Å². The van der Waals surface area contributed by atoms with E-state index in [-0.39, 0.29) is 11.9 Å². The van der Waals surface area contributed by atoms with Crippen molar-refractivity contribution in [2.45, 2.75) is 46.2 Å². The summed E-state index contributed by atoms with van der Waals surface area (Å²) in [5.41, 5.74) is 2.35. The third kappa shape index (κ3) is 6.23. The molecule has 2 rings (SSSR count). The molecule has 0 spiro atoms. The largest absolute Gasteiger partial charge is 0.497 e. The number of nitrogens with zero attached hydrogens (tertiary/aromatic N) is 1. The minimum atomic E-state index is -3.66. The van der Waals surface area contributed by atoms with Gasteiger partial charge in [-0.15, -0.1) is 0 Å². The number of methoxy groups -OCH3 is 1. The molecule has 1 amide bonds. The van der Waals surface area contributed by atoms with Crippen molar-refractivity contribution in [2.24, 2.45) is 5.92 Å². The molecule has 0 aliphatic rings. The summed E-state index contributed by atoms with van der Waals surface area (Å²) in [7, 11) is -2.05. The van der Waals surface area contributed by atoms with Gasteiger partial charge in [0.05, 0.1) is 25.1 Å². The van der Waals surface area contributed by atoms with Crippen molar-refractivity contribution in [3.8, 4) is 5.75 Å². The van der Waals surface area contributed by atoms with Crippen LogP contribution in [-0.2, 0) is 14.8 Å². The van der Waals surface area contributed by atoms with E-state index in [0.717, 1.165) is 29.6 Å². The molecule has 0 fully saturated rings. The normalized spacial score (nSPS) is 13.6. The Morgan fingerprint density at radius 3 is 2.23 bits per heavy atom. The van der Waals surface area contributed by atoms with Crippen molar-refractivity contribution in [1.29, 1.82) is 0 Å². The second kappa shape index (κ2) is 9.98. The lowest BCUT2D eigenvalue weighted by molar-refractivity contribution is -0.122. The van der Waals surface area contributed by atoms with Gasteiger partial charge in [0.1, 0.15) is 11.8 Å². The molecule has 0 heterocycles. The first kappa shape index (κ1) is 23.7. The molecule has 7 heteroatoms.